The van der Waals surface area contributed by atoms with Crippen LogP contribution in [0.25, 0.3) is 0 Å². The number of rotatable bonds is 2. The Balaban J connectivity index is 2.00. The van der Waals surface area contributed by atoms with E-state index in [2.05, 4.69) is 39.6 Å². The minimum absolute atomic E-state index is 0.00739. The molecule has 1 fully saturated rings. The topological polar surface area (TPSA) is 59.2 Å². The second kappa shape index (κ2) is 5.69. The zero-order valence-corrected chi connectivity index (χ0v) is 14.6. The van der Waals surface area contributed by atoms with Gasteiger partial charge >= 0.3 is 0 Å². The van der Waals surface area contributed by atoms with Crippen molar-refractivity contribution in [2.24, 2.45) is 11.1 Å². The van der Waals surface area contributed by atoms with Crippen LogP contribution in [0.1, 0.15) is 51.7 Å². The molecule has 0 radical (unpaired) electrons. The van der Waals surface area contributed by atoms with E-state index in [0.717, 1.165) is 30.2 Å². The Morgan fingerprint density at radius 2 is 2.19 bits per heavy atom. The van der Waals surface area contributed by atoms with E-state index in [-0.39, 0.29) is 22.8 Å². The first-order valence-electron chi connectivity index (χ1n) is 7.58. The minimum atomic E-state index is -0.00739. The number of piperidine rings is 1. The molecule has 0 spiro atoms. The molecule has 1 aromatic rings. The number of nitrogens with zero attached hydrogens (tertiary/aromatic N) is 2. The van der Waals surface area contributed by atoms with Crippen LogP contribution < -0.4 is 5.73 Å². The zero-order chi connectivity index (χ0) is 15.8. The molecule has 0 bridgehead atoms. The molecule has 2 rings (SSSR count). The number of amides is 1. The first kappa shape index (κ1) is 16.4. The number of carbonyl (C=O) groups is 1. The Morgan fingerprint density at radius 1 is 1.52 bits per heavy atom. The fraction of sp³-hybridized carbons (Fsp3) is 0.750. The van der Waals surface area contributed by atoms with Gasteiger partial charge in [-0.2, -0.15) is 0 Å². The van der Waals surface area contributed by atoms with Gasteiger partial charge in [0, 0.05) is 29.9 Å². The van der Waals surface area contributed by atoms with Crippen LogP contribution in [-0.4, -0.2) is 34.9 Å². The summed E-state index contributed by atoms with van der Waals surface area (Å²) < 4.78 is 0. The number of thiazole rings is 1. The summed E-state index contributed by atoms with van der Waals surface area (Å²) in [4.78, 5) is 19.0. The van der Waals surface area contributed by atoms with Crippen molar-refractivity contribution < 1.29 is 4.79 Å². The predicted molar refractivity (Wildman–Crippen MR) is 87.5 cm³/mol. The van der Waals surface area contributed by atoms with Gasteiger partial charge in [0.25, 0.3) is 0 Å². The molecule has 21 heavy (non-hydrogen) atoms. The van der Waals surface area contributed by atoms with Crippen molar-refractivity contribution >= 4 is 17.2 Å². The zero-order valence-electron chi connectivity index (χ0n) is 13.8. The van der Waals surface area contributed by atoms with E-state index in [1.165, 1.54) is 0 Å². The summed E-state index contributed by atoms with van der Waals surface area (Å²) in [6, 6.07) is 0.174. The highest BCUT2D eigenvalue weighted by Crippen LogP contribution is 2.29. The number of aromatic nitrogens is 1. The predicted octanol–water partition coefficient (Wildman–Crippen LogP) is 2.57. The quantitative estimate of drug-likeness (QED) is 0.913. The number of hydrogen-bond donors (Lipinski definition) is 1. The van der Waals surface area contributed by atoms with Crippen LogP contribution in [0.15, 0.2) is 5.38 Å². The van der Waals surface area contributed by atoms with Crippen molar-refractivity contribution in [2.75, 3.05) is 13.1 Å². The van der Waals surface area contributed by atoms with Gasteiger partial charge in [-0.25, -0.2) is 4.98 Å². The molecule has 5 heteroatoms. The number of hydrogen-bond acceptors (Lipinski definition) is 4. The van der Waals surface area contributed by atoms with Gasteiger partial charge in [0.1, 0.15) is 0 Å². The fourth-order valence-electron chi connectivity index (χ4n) is 2.59. The largest absolute Gasteiger partial charge is 0.342 e. The van der Waals surface area contributed by atoms with E-state index in [1.807, 2.05) is 10.3 Å². The Hall–Kier alpha value is -0.940. The molecule has 0 aliphatic carbocycles. The lowest BCUT2D eigenvalue weighted by molar-refractivity contribution is -0.133. The van der Waals surface area contributed by atoms with Crippen LogP contribution in [0.5, 0.6) is 0 Å². The summed E-state index contributed by atoms with van der Waals surface area (Å²) in [5.41, 5.74) is 7.06. The number of carbonyl (C=O) groups excluding carboxylic acids is 1. The molecule has 1 amide bonds. The van der Waals surface area contributed by atoms with E-state index >= 15 is 0 Å². The average molecular weight is 309 g/mol. The molecular weight excluding hydrogens is 282 g/mol. The van der Waals surface area contributed by atoms with Crippen LogP contribution in [0.3, 0.4) is 0 Å². The molecule has 0 aromatic carbocycles. The Morgan fingerprint density at radius 3 is 2.71 bits per heavy atom. The lowest BCUT2D eigenvalue weighted by Gasteiger charge is -2.42. The minimum Gasteiger partial charge on any atom is -0.342 e. The van der Waals surface area contributed by atoms with Crippen molar-refractivity contribution in [3.63, 3.8) is 0 Å². The summed E-state index contributed by atoms with van der Waals surface area (Å²) in [6.45, 7) is 12.2. The van der Waals surface area contributed by atoms with Crippen molar-refractivity contribution in [1.82, 2.24) is 9.88 Å². The molecule has 2 heterocycles. The summed E-state index contributed by atoms with van der Waals surface area (Å²) in [6.07, 6.45) is 1.28. The Kier molecular flexibility index (Phi) is 4.45. The maximum Gasteiger partial charge on any atom is 0.228 e. The Bertz CT molecular complexity index is 516. The number of likely N-dealkylation sites (tertiary alicyclic amines) is 1. The van der Waals surface area contributed by atoms with Crippen LogP contribution in [0.4, 0.5) is 0 Å². The molecule has 2 N–H and O–H groups in total. The van der Waals surface area contributed by atoms with Gasteiger partial charge in [0.05, 0.1) is 17.1 Å². The highest BCUT2D eigenvalue weighted by molar-refractivity contribution is 7.09. The Labute approximate surface area is 131 Å². The standard InChI is InChI=1S/C16H27N3OS/c1-15(2,3)14-18-11(9-21-14)8-13(20)19-7-6-12(17)16(4,5)10-19/h9,12H,6-8,10,17H2,1-5H3. The number of nitrogens with two attached hydrogens (primary N) is 1. The molecule has 1 atom stereocenters. The molecule has 1 aliphatic heterocycles. The van der Waals surface area contributed by atoms with Gasteiger partial charge in [0.2, 0.25) is 5.91 Å². The highest BCUT2D eigenvalue weighted by Gasteiger charge is 2.35. The van der Waals surface area contributed by atoms with Crippen LogP contribution in [0.2, 0.25) is 0 Å². The molecule has 1 unspecified atom stereocenters. The van der Waals surface area contributed by atoms with Gasteiger partial charge in [-0.15, -0.1) is 11.3 Å². The van der Waals surface area contributed by atoms with E-state index < -0.39 is 0 Å². The lowest BCUT2D eigenvalue weighted by Crippen LogP contribution is -2.54. The lowest BCUT2D eigenvalue weighted by atomic mass is 9.79. The van der Waals surface area contributed by atoms with Crippen LogP contribution in [-0.2, 0) is 16.6 Å². The van der Waals surface area contributed by atoms with E-state index in [4.69, 9.17) is 5.73 Å². The maximum absolute atomic E-state index is 12.5. The average Bonchev–Trinajstić information content (AvgIpc) is 2.80. The SMILES string of the molecule is CC(C)(C)c1nc(CC(=O)N2CCC(N)C(C)(C)C2)cs1. The molecular formula is C16H27N3OS. The maximum atomic E-state index is 12.5. The molecule has 1 saturated heterocycles. The van der Waals surface area contributed by atoms with Crippen molar-refractivity contribution in [1.29, 1.82) is 0 Å². The summed E-state index contributed by atoms with van der Waals surface area (Å²) >= 11 is 1.64. The summed E-state index contributed by atoms with van der Waals surface area (Å²) in [5.74, 6) is 0.167. The first-order chi connectivity index (χ1) is 9.59. The van der Waals surface area contributed by atoms with Crippen LogP contribution in [0, 0.1) is 5.41 Å². The first-order valence-corrected chi connectivity index (χ1v) is 8.46. The molecule has 1 aromatic heterocycles. The fourth-order valence-corrected chi connectivity index (χ4v) is 3.49. The second-order valence-corrected chi connectivity index (χ2v) is 8.63. The normalized spacial score (nSPS) is 22.4. The summed E-state index contributed by atoms with van der Waals surface area (Å²) in [7, 11) is 0. The van der Waals surface area contributed by atoms with E-state index in [9.17, 15) is 4.79 Å². The van der Waals surface area contributed by atoms with Gasteiger partial charge < -0.3 is 10.6 Å². The van der Waals surface area contributed by atoms with Gasteiger partial charge in [-0.05, 0) is 11.8 Å². The smallest absolute Gasteiger partial charge is 0.228 e. The third kappa shape index (κ3) is 3.83. The molecule has 1 aliphatic rings. The molecule has 4 nitrogen and oxygen atoms in total. The third-order valence-electron chi connectivity index (χ3n) is 4.19. The van der Waals surface area contributed by atoms with Crippen molar-refractivity contribution in [3.8, 4) is 0 Å². The summed E-state index contributed by atoms with van der Waals surface area (Å²) in [5, 5.41) is 3.10. The van der Waals surface area contributed by atoms with Gasteiger partial charge in [-0.3, -0.25) is 4.79 Å². The third-order valence-corrected chi connectivity index (χ3v) is 5.51. The molecule has 0 saturated carbocycles. The van der Waals surface area contributed by atoms with Crippen molar-refractivity contribution in [3.05, 3.63) is 16.1 Å². The van der Waals surface area contributed by atoms with Crippen molar-refractivity contribution in [2.45, 2.75) is 58.9 Å². The van der Waals surface area contributed by atoms with Gasteiger partial charge in [0.15, 0.2) is 0 Å². The monoisotopic (exact) mass is 309 g/mol. The van der Waals surface area contributed by atoms with E-state index in [1.54, 1.807) is 11.3 Å². The van der Waals surface area contributed by atoms with Crippen LogP contribution >= 0.6 is 11.3 Å². The van der Waals surface area contributed by atoms with E-state index in [0.29, 0.717) is 6.42 Å². The molecule has 118 valence electrons. The van der Waals surface area contributed by atoms with Gasteiger partial charge in [-0.1, -0.05) is 34.6 Å². The highest BCUT2D eigenvalue weighted by atomic mass is 32.1. The second-order valence-electron chi connectivity index (χ2n) is 7.77.